The van der Waals surface area contributed by atoms with Crippen LogP contribution in [0.5, 0.6) is 5.75 Å². The van der Waals surface area contributed by atoms with Gasteiger partial charge in [-0.15, -0.1) is 0 Å². The number of carbonyl (C=O) groups is 2. The number of nitrogens with zero attached hydrogens (tertiary/aromatic N) is 2. The molecular formula is C30H40N2O4. The second-order valence-corrected chi connectivity index (χ2v) is 10.3. The molecule has 0 saturated carbocycles. The van der Waals surface area contributed by atoms with Gasteiger partial charge >= 0.3 is 0 Å². The van der Waals surface area contributed by atoms with Crippen LogP contribution in [0.25, 0.3) is 5.76 Å². The van der Waals surface area contributed by atoms with Crippen molar-refractivity contribution in [2.24, 2.45) is 0 Å². The van der Waals surface area contributed by atoms with Gasteiger partial charge in [0.15, 0.2) is 0 Å². The summed E-state index contributed by atoms with van der Waals surface area (Å²) in [6, 6.07) is 12.7. The number of rotatable bonds is 9. The van der Waals surface area contributed by atoms with Gasteiger partial charge in [0.2, 0.25) is 0 Å². The lowest BCUT2D eigenvalue weighted by atomic mass is 9.85. The summed E-state index contributed by atoms with van der Waals surface area (Å²) in [5, 5.41) is 11.4. The number of hydrogen-bond donors (Lipinski definition) is 1. The van der Waals surface area contributed by atoms with Gasteiger partial charge in [-0.25, -0.2) is 0 Å². The zero-order valence-electron chi connectivity index (χ0n) is 22.7. The number of aliphatic hydroxyl groups excluding tert-OH is 1. The van der Waals surface area contributed by atoms with Crippen LogP contribution in [0.4, 0.5) is 0 Å². The molecule has 1 heterocycles. The number of carbonyl (C=O) groups excluding carboxylic acids is 2. The summed E-state index contributed by atoms with van der Waals surface area (Å²) in [5.41, 5.74) is 3.38. The molecule has 6 nitrogen and oxygen atoms in total. The molecule has 1 amide bonds. The first-order chi connectivity index (χ1) is 17.0. The Bertz CT molecular complexity index is 1120. The first-order valence-corrected chi connectivity index (χ1v) is 12.9. The Hall–Kier alpha value is -3.12. The summed E-state index contributed by atoms with van der Waals surface area (Å²) in [6.45, 7) is 17.7. The Morgan fingerprint density at radius 2 is 1.67 bits per heavy atom. The lowest BCUT2D eigenvalue weighted by Crippen LogP contribution is -2.38. The van der Waals surface area contributed by atoms with E-state index in [1.165, 1.54) is 0 Å². The van der Waals surface area contributed by atoms with Crippen molar-refractivity contribution in [1.82, 2.24) is 9.80 Å². The maximum absolute atomic E-state index is 13.4. The van der Waals surface area contributed by atoms with Crippen LogP contribution in [0, 0.1) is 6.92 Å². The van der Waals surface area contributed by atoms with Crippen molar-refractivity contribution in [2.45, 2.75) is 59.9 Å². The number of ether oxygens (including phenoxy) is 1. The van der Waals surface area contributed by atoms with Crippen molar-refractivity contribution in [3.8, 4) is 5.75 Å². The lowest BCUT2D eigenvalue weighted by Gasteiger charge is -2.29. The third-order valence-corrected chi connectivity index (χ3v) is 6.95. The summed E-state index contributed by atoms with van der Waals surface area (Å²) in [6.07, 6.45) is 0. The van der Waals surface area contributed by atoms with Crippen molar-refractivity contribution >= 4 is 17.4 Å². The molecule has 1 aliphatic heterocycles. The van der Waals surface area contributed by atoms with E-state index in [0.717, 1.165) is 29.8 Å². The number of benzene rings is 2. The van der Waals surface area contributed by atoms with E-state index >= 15 is 0 Å². The van der Waals surface area contributed by atoms with Crippen molar-refractivity contribution in [3.63, 3.8) is 0 Å². The predicted octanol–water partition coefficient (Wildman–Crippen LogP) is 5.45. The molecule has 0 radical (unpaired) electrons. The minimum Gasteiger partial charge on any atom is -0.507 e. The summed E-state index contributed by atoms with van der Waals surface area (Å²) in [7, 11) is 0. The monoisotopic (exact) mass is 492 g/mol. The molecule has 3 rings (SSSR count). The van der Waals surface area contributed by atoms with E-state index in [4.69, 9.17) is 4.74 Å². The number of ketones is 1. The number of likely N-dealkylation sites (N-methyl/N-ethyl adjacent to an activating group) is 1. The van der Waals surface area contributed by atoms with Gasteiger partial charge in [0, 0.05) is 18.7 Å². The fourth-order valence-corrected chi connectivity index (χ4v) is 4.71. The number of hydrogen-bond acceptors (Lipinski definition) is 5. The molecule has 2 aromatic rings. The van der Waals surface area contributed by atoms with Gasteiger partial charge in [-0.3, -0.25) is 9.59 Å². The van der Waals surface area contributed by atoms with Gasteiger partial charge in [0.25, 0.3) is 11.7 Å². The molecule has 0 bridgehead atoms. The SMILES string of the molecule is CCOc1ccc(/C(O)=C2/C(=O)C(=O)N(CCN(CC)CC)C2c2ccc(C(C)(C)C)cc2)c(C)c1. The zero-order valence-corrected chi connectivity index (χ0v) is 22.7. The molecule has 6 heteroatoms. The summed E-state index contributed by atoms with van der Waals surface area (Å²) in [4.78, 5) is 30.5. The van der Waals surface area contributed by atoms with E-state index in [9.17, 15) is 14.7 Å². The largest absolute Gasteiger partial charge is 0.507 e. The van der Waals surface area contributed by atoms with Gasteiger partial charge < -0.3 is 19.6 Å². The van der Waals surface area contributed by atoms with Crippen LogP contribution in [0.1, 0.15) is 69.8 Å². The molecule has 1 atom stereocenters. The molecular weight excluding hydrogens is 452 g/mol. The van der Waals surface area contributed by atoms with Crippen LogP contribution < -0.4 is 4.74 Å². The van der Waals surface area contributed by atoms with E-state index in [1.807, 2.05) is 44.2 Å². The number of likely N-dealkylation sites (tertiary alicyclic amines) is 1. The highest BCUT2D eigenvalue weighted by atomic mass is 16.5. The molecule has 1 unspecified atom stereocenters. The van der Waals surface area contributed by atoms with Crippen LogP contribution in [0.3, 0.4) is 0 Å². The first-order valence-electron chi connectivity index (χ1n) is 12.9. The second kappa shape index (κ2) is 11.3. The smallest absolute Gasteiger partial charge is 0.295 e. The second-order valence-electron chi connectivity index (χ2n) is 10.3. The summed E-state index contributed by atoms with van der Waals surface area (Å²) in [5.74, 6) is -0.674. The molecule has 1 aliphatic rings. The van der Waals surface area contributed by atoms with Crippen molar-refractivity contribution < 1.29 is 19.4 Å². The lowest BCUT2D eigenvalue weighted by molar-refractivity contribution is -0.140. The Morgan fingerprint density at radius 3 is 2.19 bits per heavy atom. The Balaban J connectivity index is 2.13. The summed E-state index contributed by atoms with van der Waals surface area (Å²) >= 11 is 0. The molecule has 1 saturated heterocycles. The fraction of sp³-hybridized carbons (Fsp3) is 0.467. The topological polar surface area (TPSA) is 70.1 Å². The normalized spacial score (nSPS) is 17.8. The first kappa shape index (κ1) is 27.5. The molecule has 1 fully saturated rings. The van der Waals surface area contributed by atoms with Gasteiger partial charge in [-0.1, -0.05) is 58.9 Å². The van der Waals surface area contributed by atoms with E-state index in [1.54, 1.807) is 17.0 Å². The van der Waals surface area contributed by atoms with Gasteiger partial charge in [-0.2, -0.15) is 0 Å². The van der Waals surface area contributed by atoms with E-state index in [0.29, 0.717) is 31.0 Å². The van der Waals surface area contributed by atoms with E-state index in [-0.39, 0.29) is 16.7 Å². The molecule has 194 valence electrons. The average Bonchev–Trinajstić information content (AvgIpc) is 3.09. The highest BCUT2D eigenvalue weighted by molar-refractivity contribution is 6.46. The van der Waals surface area contributed by atoms with Crippen LogP contribution in [0.15, 0.2) is 48.0 Å². The minimum atomic E-state index is -0.652. The van der Waals surface area contributed by atoms with Crippen LogP contribution in [-0.2, 0) is 15.0 Å². The van der Waals surface area contributed by atoms with Crippen LogP contribution in [-0.4, -0.2) is 59.4 Å². The maximum Gasteiger partial charge on any atom is 0.295 e. The minimum absolute atomic E-state index is 0.0253. The van der Waals surface area contributed by atoms with Crippen LogP contribution >= 0.6 is 0 Å². The number of aliphatic hydroxyl groups is 1. The van der Waals surface area contributed by atoms with Crippen molar-refractivity contribution in [3.05, 3.63) is 70.3 Å². The highest BCUT2D eigenvalue weighted by Crippen LogP contribution is 2.40. The summed E-state index contributed by atoms with van der Waals surface area (Å²) < 4.78 is 5.58. The molecule has 0 aliphatic carbocycles. The maximum atomic E-state index is 13.4. The molecule has 0 spiro atoms. The predicted molar refractivity (Wildman–Crippen MR) is 144 cm³/mol. The Kier molecular flexibility index (Phi) is 8.62. The molecule has 1 N–H and O–H groups in total. The van der Waals surface area contributed by atoms with Gasteiger partial charge in [0.1, 0.15) is 11.5 Å². The van der Waals surface area contributed by atoms with Crippen molar-refractivity contribution in [2.75, 3.05) is 32.8 Å². The Morgan fingerprint density at radius 1 is 1.03 bits per heavy atom. The van der Waals surface area contributed by atoms with E-state index in [2.05, 4.69) is 39.5 Å². The van der Waals surface area contributed by atoms with Gasteiger partial charge in [-0.05, 0) is 67.2 Å². The van der Waals surface area contributed by atoms with Crippen molar-refractivity contribution in [1.29, 1.82) is 0 Å². The number of amides is 1. The zero-order chi connectivity index (χ0) is 26.6. The molecule has 36 heavy (non-hydrogen) atoms. The molecule has 2 aromatic carbocycles. The third-order valence-electron chi connectivity index (χ3n) is 6.95. The number of aryl methyl sites for hydroxylation is 1. The molecule has 0 aromatic heterocycles. The fourth-order valence-electron chi connectivity index (χ4n) is 4.71. The Labute approximate surface area is 215 Å². The average molecular weight is 493 g/mol. The quantitative estimate of drug-likeness (QED) is 0.286. The number of Topliss-reactive ketones (excluding diaryl/α,β-unsaturated/α-hetero) is 1. The standard InChI is InChI=1S/C30H40N2O4/c1-8-31(9-2)17-18-32-26(21-11-13-22(14-12-21)30(5,6)7)25(28(34)29(32)35)27(33)24-16-15-23(36-10-3)19-20(24)4/h11-16,19,26,33H,8-10,17-18H2,1-7H3/b27-25-. The van der Waals surface area contributed by atoms with E-state index < -0.39 is 17.7 Å². The van der Waals surface area contributed by atoms with Gasteiger partial charge in [0.05, 0.1) is 18.2 Å². The van der Waals surface area contributed by atoms with Crippen LogP contribution in [0.2, 0.25) is 0 Å². The highest BCUT2D eigenvalue weighted by Gasteiger charge is 2.46. The third kappa shape index (κ3) is 5.65.